The van der Waals surface area contributed by atoms with Crippen LogP contribution in [0.3, 0.4) is 0 Å². The van der Waals surface area contributed by atoms with Gasteiger partial charge in [-0.15, -0.1) is 0 Å². The summed E-state index contributed by atoms with van der Waals surface area (Å²) in [6, 6.07) is 69.0. The molecule has 4 nitrogen and oxygen atoms in total. The third kappa shape index (κ3) is 5.56. The lowest BCUT2D eigenvalue weighted by Crippen LogP contribution is -2.15. The Balaban J connectivity index is 1.12. The molecule has 58 heavy (non-hydrogen) atoms. The molecule has 0 amide bonds. The maximum atomic E-state index is 5.29. The highest BCUT2D eigenvalue weighted by molar-refractivity contribution is 6.10. The number of hydrogen-bond acceptors (Lipinski definition) is 3. The van der Waals surface area contributed by atoms with E-state index in [0.717, 1.165) is 55.7 Å². The minimum absolute atomic E-state index is 0.112. The lowest BCUT2D eigenvalue weighted by molar-refractivity contribution is 0.660. The molecule has 4 heteroatoms. The van der Waals surface area contributed by atoms with Crippen molar-refractivity contribution in [3.8, 4) is 73.2 Å². The first-order valence-electron chi connectivity index (χ1n) is 19.9. The van der Waals surface area contributed by atoms with Crippen molar-refractivity contribution in [2.24, 2.45) is 0 Å². The van der Waals surface area contributed by atoms with E-state index in [9.17, 15) is 0 Å². The minimum atomic E-state index is -0.112. The molecule has 1 aliphatic rings. The van der Waals surface area contributed by atoms with E-state index in [0.29, 0.717) is 17.5 Å². The number of nitrogens with zero attached hydrogens (tertiary/aromatic N) is 4. The molecule has 274 valence electrons. The van der Waals surface area contributed by atoms with E-state index in [-0.39, 0.29) is 5.41 Å². The van der Waals surface area contributed by atoms with Crippen molar-refractivity contribution in [1.29, 1.82) is 0 Å². The number of hydrogen-bond donors (Lipinski definition) is 0. The second-order valence-electron chi connectivity index (χ2n) is 15.7. The SMILES string of the molecule is CC1(C)c2ccccc2-c2ccc(-n3c4ccccc4c4ccc(-c5nc(-c6ccccc6)nc(-c6cc(-c7ccccc7)cc(-c7ccccc7)c6)n5)cc43)cc21. The van der Waals surface area contributed by atoms with Crippen LogP contribution in [0.25, 0.3) is 95.0 Å². The van der Waals surface area contributed by atoms with Crippen LogP contribution in [-0.4, -0.2) is 19.5 Å². The van der Waals surface area contributed by atoms with Gasteiger partial charge >= 0.3 is 0 Å². The normalized spacial score (nSPS) is 12.8. The van der Waals surface area contributed by atoms with Gasteiger partial charge in [-0.2, -0.15) is 0 Å². The van der Waals surface area contributed by atoms with Gasteiger partial charge in [-0.3, -0.25) is 0 Å². The smallest absolute Gasteiger partial charge is 0.164 e. The molecule has 0 saturated carbocycles. The molecule has 0 atom stereocenters. The van der Waals surface area contributed by atoms with Crippen molar-refractivity contribution < 1.29 is 0 Å². The highest BCUT2D eigenvalue weighted by Gasteiger charge is 2.35. The van der Waals surface area contributed by atoms with E-state index < -0.39 is 0 Å². The fourth-order valence-electron chi connectivity index (χ4n) is 8.92. The van der Waals surface area contributed by atoms with Gasteiger partial charge in [-0.25, -0.2) is 15.0 Å². The van der Waals surface area contributed by atoms with Crippen LogP contribution in [0.1, 0.15) is 25.0 Å². The van der Waals surface area contributed by atoms with Gasteiger partial charge in [0.2, 0.25) is 0 Å². The summed E-state index contributed by atoms with van der Waals surface area (Å²) in [7, 11) is 0. The molecular formula is C54H38N4. The average molecular weight is 743 g/mol. The third-order valence-electron chi connectivity index (χ3n) is 11.8. The molecule has 0 aliphatic heterocycles. The number of rotatable bonds is 6. The zero-order valence-electron chi connectivity index (χ0n) is 32.3. The van der Waals surface area contributed by atoms with E-state index in [1.54, 1.807) is 0 Å². The molecule has 0 saturated heterocycles. The number of benzene rings is 8. The summed E-state index contributed by atoms with van der Waals surface area (Å²) in [4.78, 5) is 15.6. The van der Waals surface area contributed by atoms with E-state index in [2.05, 4.69) is 194 Å². The van der Waals surface area contributed by atoms with Gasteiger partial charge in [0.05, 0.1) is 11.0 Å². The van der Waals surface area contributed by atoms with Gasteiger partial charge < -0.3 is 4.57 Å². The Kier molecular flexibility index (Phi) is 7.80. The maximum absolute atomic E-state index is 5.29. The van der Waals surface area contributed by atoms with Crippen molar-refractivity contribution in [3.05, 3.63) is 205 Å². The Hall–Kier alpha value is -7.43. The molecule has 0 radical (unpaired) electrons. The molecule has 0 spiro atoms. The topological polar surface area (TPSA) is 43.6 Å². The van der Waals surface area contributed by atoms with Gasteiger partial charge in [0, 0.05) is 38.6 Å². The molecule has 10 aromatic rings. The van der Waals surface area contributed by atoms with Gasteiger partial charge in [-0.1, -0.05) is 166 Å². The molecule has 0 unspecified atom stereocenters. The Morgan fingerprint density at radius 2 is 0.862 bits per heavy atom. The largest absolute Gasteiger partial charge is 0.309 e. The zero-order valence-corrected chi connectivity index (χ0v) is 32.3. The van der Waals surface area contributed by atoms with Crippen LogP contribution in [0.5, 0.6) is 0 Å². The molecule has 2 aromatic heterocycles. The van der Waals surface area contributed by atoms with Crippen LogP contribution in [0.15, 0.2) is 194 Å². The molecule has 2 heterocycles. The summed E-state index contributed by atoms with van der Waals surface area (Å²) in [5.74, 6) is 1.88. The summed E-state index contributed by atoms with van der Waals surface area (Å²) in [6.45, 7) is 4.68. The lowest BCUT2D eigenvalue weighted by Gasteiger charge is -2.22. The van der Waals surface area contributed by atoms with Crippen molar-refractivity contribution in [2.45, 2.75) is 19.3 Å². The molecule has 11 rings (SSSR count). The first-order chi connectivity index (χ1) is 28.5. The summed E-state index contributed by atoms with van der Waals surface area (Å²) in [6.07, 6.45) is 0. The fourth-order valence-corrected chi connectivity index (χ4v) is 8.92. The van der Waals surface area contributed by atoms with Crippen molar-refractivity contribution in [2.75, 3.05) is 0 Å². The molecule has 0 fully saturated rings. The summed E-state index contributed by atoms with van der Waals surface area (Å²) >= 11 is 0. The molecule has 0 bridgehead atoms. The Morgan fingerprint density at radius 3 is 1.55 bits per heavy atom. The number of aromatic nitrogens is 4. The summed E-state index contributed by atoms with van der Waals surface area (Å²) in [5.41, 5.74) is 15.9. The lowest BCUT2D eigenvalue weighted by atomic mass is 9.82. The first kappa shape index (κ1) is 33.9. The van der Waals surface area contributed by atoms with Gasteiger partial charge in [0.15, 0.2) is 17.5 Å². The Morgan fingerprint density at radius 1 is 0.345 bits per heavy atom. The van der Waals surface area contributed by atoms with Crippen LogP contribution in [0.2, 0.25) is 0 Å². The number of fused-ring (bicyclic) bond motifs is 6. The minimum Gasteiger partial charge on any atom is -0.309 e. The zero-order chi connectivity index (χ0) is 38.8. The monoisotopic (exact) mass is 742 g/mol. The van der Waals surface area contributed by atoms with E-state index in [4.69, 9.17) is 15.0 Å². The highest BCUT2D eigenvalue weighted by atomic mass is 15.0. The third-order valence-corrected chi connectivity index (χ3v) is 11.8. The highest BCUT2D eigenvalue weighted by Crippen LogP contribution is 2.49. The average Bonchev–Trinajstić information content (AvgIpc) is 3.74. The number of para-hydroxylation sites is 1. The fraction of sp³-hybridized carbons (Fsp3) is 0.0556. The van der Waals surface area contributed by atoms with E-state index in [1.807, 2.05) is 18.2 Å². The van der Waals surface area contributed by atoms with Crippen LogP contribution < -0.4 is 0 Å². The van der Waals surface area contributed by atoms with Gasteiger partial charge in [-0.05, 0) is 87.0 Å². The van der Waals surface area contributed by atoms with Crippen LogP contribution in [0.4, 0.5) is 0 Å². The van der Waals surface area contributed by atoms with Crippen molar-refractivity contribution in [1.82, 2.24) is 19.5 Å². The maximum Gasteiger partial charge on any atom is 0.164 e. The van der Waals surface area contributed by atoms with Crippen molar-refractivity contribution >= 4 is 21.8 Å². The molecule has 1 aliphatic carbocycles. The Labute approximate surface area is 337 Å². The van der Waals surface area contributed by atoms with Gasteiger partial charge in [0.25, 0.3) is 0 Å². The molecule has 0 N–H and O–H groups in total. The quantitative estimate of drug-likeness (QED) is 0.170. The molecular weight excluding hydrogens is 705 g/mol. The predicted molar refractivity (Wildman–Crippen MR) is 239 cm³/mol. The first-order valence-corrected chi connectivity index (χ1v) is 19.9. The second kappa shape index (κ2) is 13.4. The summed E-state index contributed by atoms with van der Waals surface area (Å²) < 4.78 is 2.41. The Bertz CT molecular complexity index is 3120. The van der Waals surface area contributed by atoms with Gasteiger partial charge in [0.1, 0.15) is 0 Å². The molecule has 8 aromatic carbocycles. The van der Waals surface area contributed by atoms with Crippen molar-refractivity contribution in [3.63, 3.8) is 0 Å². The van der Waals surface area contributed by atoms with Crippen LogP contribution in [0, 0.1) is 0 Å². The second-order valence-corrected chi connectivity index (χ2v) is 15.7. The standard InChI is InChI=1S/C54H38N4/c1-54(2)47-24-14-12-22-43(47)44-29-27-42(34-48(44)54)58-49-25-15-13-23-45(49)46-28-26-38(33-50(46)58)52-55-51(37-20-10-5-11-21-37)56-53(57-52)41-31-39(35-16-6-3-7-17-35)30-40(32-41)36-18-8-4-9-19-36/h3-34H,1-2H3. The van der Waals surface area contributed by atoms with Crippen LogP contribution >= 0.6 is 0 Å². The summed E-state index contributed by atoms with van der Waals surface area (Å²) in [5, 5.41) is 2.39. The van der Waals surface area contributed by atoms with Crippen LogP contribution in [-0.2, 0) is 5.41 Å². The van der Waals surface area contributed by atoms with E-state index >= 15 is 0 Å². The predicted octanol–water partition coefficient (Wildman–Crippen LogP) is 13.6. The van der Waals surface area contributed by atoms with E-state index in [1.165, 1.54) is 33.0 Å².